The maximum absolute atomic E-state index is 12.6. The standard InChI is InChI=1S/C16H19N3O5.ClH/c1-24-16(21)10-5-11(7-12(6-10)19(22)23)18-15(20)13-8-2-3-9(4-8)14(13)17;/h5-9,13-14H,2-4,17H2,1H3,(H,18,20);1H. The highest BCUT2D eigenvalue weighted by atomic mass is 35.5. The molecule has 3 N–H and O–H groups in total. The summed E-state index contributed by atoms with van der Waals surface area (Å²) < 4.78 is 4.59. The number of nitro groups is 1. The number of nitro benzene ring substituents is 1. The van der Waals surface area contributed by atoms with Gasteiger partial charge in [-0.2, -0.15) is 0 Å². The normalized spacial score (nSPS) is 26.6. The quantitative estimate of drug-likeness (QED) is 0.475. The number of nitrogens with two attached hydrogens (primary N) is 1. The third-order valence-corrected chi connectivity index (χ3v) is 5.10. The SMILES string of the molecule is COC(=O)c1cc(NC(=O)C2C3CCC(C3)C2N)cc([N+](=O)[O-])c1.Cl. The molecule has 0 heterocycles. The Kier molecular flexibility index (Phi) is 5.64. The third-order valence-electron chi connectivity index (χ3n) is 5.10. The van der Waals surface area contributed by atoms with Crippen LogP contribution in [0, 0.1) is 27.9 Å². The fourth-order valence-electron chi connectivity index (χ4n) is 3.97. The van der Waals surface area contributed by atoms with Crippen LogP contribution in [0.5, 0.6) is 0 Å². The molecule has 2 saturated carbocycles. The Balaban J connectivity index is 0.00000225. The lowest BCUT2D eigenvalue weighted by atomic mass is 9.84. The van der Waals surface area contributed by atoms with Gasteiger partial charge in [0.05, 0.1) is 23.5 Å². The molecule has 2 aliphatic carbocycles. The number of fused-ring (bicyclic) bond motifs is 2. The molecule has 3 rings (SSSR count). The number of nitrogens with zero attached hydrogens (tertiary/aromatic N) is 1. The van der Waals surface area contributed by atoms with Gasteiger partial charge >= 0.3 is 5.97 Å². The summed E-state index contributed by atoms with van der Waals surface area (Å²) in [6, 6.07) is 3.53. The van der Waals surface area contributed by atoms with Crippen molar-refractivity contribution < 1.29 is 19.2 Å². The number of anilines is 1. The van der Waals surface area contributed by atoms with Gasteiger partial charge in [0.25, 0.3) is 5.69 Å². The first-order chi connectivity index (χ1) is 11.4. The lowest BCUT2D eigenvalue weighted by Gasteiger charge is -2.27. The molecule has 25 heavy (non-hydrogen) atoms. The molecule has 2 fully saturated rings. The van der Waals surface area contributed by atoms with Gasteiger partial charge in [-0.3, -0.25) is 14.9 Å². The highest BCUT2D eigenvalue weighted by molar-refractivity contribution is 5.97. The first kappa shape index (κ1) is 19.1. The van der Waals surface area contributed by atoms with E-state index in [0.29, 0.717) is 5.92 Å². The minimum Gasteiger partial charge on any atom is -0.465 e. The second kappa shape index (κ2) is 7.37. The number of non-ortho nitro benzene ring substituents is 1. The molecule has 1 aromatic carbocycles. The van der Waals surface area contributed by atoms with Crippen LogP contribution in [-0.4, -0.2) is 30.0 Å². The first-order valence-corrected chi connectivity index (χ1v) is 7.85. The van der Waals surface area contributed by atoms with Crippen LogP contribution >= 0.6 is 12.4 Å². The van der Waals surface area contributed by atoms with Crippen LogP contribution in [0.2, 0.25) is 0 Å². The van der Waals surface area contributed by atoms with Gasteiger partial charge in [-0.25, -0.2) is 4.79 Å². The molecule has 4 atom stereocenters. The number of carbonyl (C=O) groups excluding carboxylic acids is 2. The number of ether oxygens (including phenoxy) is 1. The topological polar surface area (TPSA) is 125 Å². The van der Waals surface area contributed by atoms with Gasteiger partial charge in [0.1, 0.15) is 0 Å². The number of hydrogen-bond acceptors (Lipinski definition) is 6. The monoisotopic (exact) mass is 369 g/mol. The Morgan fingerprint density at radius 1 is 1.28 bits per heavy atom. The van der Waals surface area contributed by atoms with E-state index in [1.807, 2.05) is 0 Å². The molecule has 0 aliphatic heterocycles. The number of carbonyl (C=O) groups is 2. The number of hydrogen-bond donors (Lipinski definition) is 2. The van der Waals surface area contributed by atoms with Crippen LogP contribution in [0.15, 0.2) is 18.2 Å². The smallest absolute Gasteiger partial charge is 0.338 e. The van der Waals surface area contributed by atoms with E-state index in [9.17, 15) is 19.7 Å². The van der Waals surface area contributed by atoms with Crippen molar-refractivity contribution in [2.45, 2.75) is 25.3 Å². The summed E-state index contributed by atoms with van der Waals surface area (Å²) in [6.45, 7) is 0. The van der Waals surface area contributed by atoms with E-state index in [1.54, 1.807) is 0 Å². The van der Waals surface area contributed by atoms with Crippen molar-refractivity contribution in [3.05, 3.63) is 33.9 Å². The molecule has 2 bridgehead atoms. The second-order valence-corrected chi connectivity index (χ2v) is 6.44. The van der Waals surface area contributed by atoms with Crippen LogP contribution in [0.1, 0.15) is 29.6 Å². The second-order valence-electron chi connectivity index (χ2n) is 6.44. The van der Waals surface area contributed by atoms with Crippen molar-refractivity contribution in [3.8, 4) is 0 Å². The maximum Gasteiger partial charge on any atom is 0.338 e. The van der Waals surface area contributed by atoms with Crippen molar-refractivity contribution in [1.29, 1.82) is 0 Å². The van der Waals surface area contributed by atoms with E-state index in [4.69, 9.17) is 5.73 Å². The van der Waals surface area contributed by atoms with Crippen LogP contribution < -0.4 is 11.1 Å². The number of methoxy groups -OCH3 is 1. The first-order valence-electron chi connectivity index (χ1n) is 7.85. The van der Waals surface area contributed by atoms with Gasteiger partial charge in [-0.05, 0) is 37.2 Å². The third kappa shape index (κ3) is 3.59. The molecule has 4 unspecified atom stereocenters. The Morgan fingerprint density at radius 3 is 2.52 bits per heavy atom. The Morgan fingerprint density at radius 2 is 1.96 bits per heavy atom. The van der Waals surface area contributed by atoms with Crippen molar-refractivity contribution in [2.75, 3.05) is 12.4 Å². The molecule has 2 aliphatic rings. The fraction of sp³-hybridized carbons (Fsp3) is 0.500. The summed E-state index contributed by atoms with van der Waals surface area (Å²) in [5.74, 6) is -0.591. The number of nitrogens with one attached hydrogen (secondary N) is 1. The summed E-state index contributed by atoms with van der Waals surface area (Å²) in [6.07, 6.45) is 3.00. The average molecular weight is 370 g/mol. The molecule has 0 spiro atoms. The highest BCUT2D eigenvalue weighted by Gasteiger charge is 2.49. The lowest BCUT2D eigenvalue weighted by Crippen LogP contribution is -2.42. The molecule has 9 heteroatoms. The maximum atomic E-state index is 12.6. The van der Waals surface area contributed by atoms with Gasteiger partial charge in [0.15, 0.2) is 0 Å². The lowest BCUT2D eigenvalue weighted by molar-refractivity contribution is -0.384. The Labute approximate surface area is 150 Å². The number of benzene rings is 1. The molecule has 0 radical (unpaired) electrons. The van der Waals surface area contributed by atoms with Crippen LogP contribution in [0.3, 0.4) is 0 Å². The van der Waals surface area contributed by atoms with Gasteiger partial charge in [-0.1, -0.05) is 0 Å². The van der Waals surface area contributed by atoms with Gasteiger partial charge in [0, 0.05) is 23.9 Å². The molecule has 136 valence electrons. The van der Waals surface area contributed by atoms with E-state index in [1.165, 1.54) is 19.2 Å². The number of amides is 1. The van der Waals surface area contributed by atoms with Crippen LogP contribution in [0.4, 0.5) is 11.4 Å². The molecular formula is C16H20ClN3O5. The van der Waals surface area contributed by atoms with E-state index in [-0.39, 0.29) is 53.1 Å². The fourth-order valence-corrected chi connectivity index (χ4v) is 3.97. The molecule has 1 aromatic rings. The molecule has 0 saturated heterocycles. The number of esters is 1. The van der Waals surface area contributed by atoms with E-state index < -0.39 is 10.9 Å². The average Bonchev–Trinajstić information content (AvgIpc) is 3.14. The zero-order valence-electron chi connectivity index (χ0n) is 13.6. The summed E-state index contributed by atoms with van der Waals surface area (Å²) in [5, 5.41) is 13.7. The van der Waals surface area contributed by atoms with E-state index >= 15 is 0 Å². The summed E-state index contributed by atoms with van der Waals surface area (Å²) in [5.41, 5.74) is 6.08. The summed E-state index contributed by atoms with van der Waals surface area (Å²) in [4.78, 5) is 34.6. The zero-order chi connectivity index (χ0) is 17.4. The highest BCUT2D eigenvalue weighted by Crippen LogP contribution is 2.48. The largest absolute Gasteiger partial charge is 0.465 e. The molecule has 8 nitrogen and oxygen atoms in total. The van der Waals surface area contributed by atoms with Crippen molar-refractivity contribution >= 4 is 35.7 Å². The van der Waals surface area contributed by atoms with Gasteiger partial charge in [0.2, 0.25) is 5.91 Å². The van der Waals surface area contributed by atoms with E-state index in [2.05, 4.69) is 10.1 Å². The number of halogens is 1. The van der Waals surface area contributed by atoms with Crippen molar-refractivity contribution in [3.63, 3.8) is 0 Å². The van der Waals surface area contributed by atoms with Crippen molar-refractivity contribution in [2.24, 2.45) is 23.5 Å². The van der Waals surface area contributed by atoms with Crippen LogP contribution in [0.25, 0.3) is 0 Å². The number of rotatable bonds is 4. The van der Waals surface area contributed by atoms with Gasteiger partial charge < -0.3 is 15.8 Å². The summed E-state index contributed by atoms with van der Waals surface area (Å²) >= 11 is 0. The minimum atomic E-state index is -0.703. The predicted molar refractivity (Wildman–Crippen MR) is 92.6 cm³/mol. The predicted octanol–water partition coefficient (Wildman–Crippen LogP) is 2.12. The Hall–Kier alpha value is -2.19. The Bertz CT molecular complexity index is 709. The molecule has 0 aromatic heterocycles. The van der Waals surface area contributed by atoms with E-state index in [0.717, 1.165) is 25.3 Å². The zero-order valence-corrected chi connectivity index (χ0v) is 14.5. The van der Waals surface area contributed by atoms with Crippen LogP contribution in [-0.2, 0) is 9.53 Å². The molecular weight excluding hydrogens is 350 g/mol. The summed E-state index contributed by atoms with van der Waals surface area (Å²) in [7, 11) is 1.19. The minimum absolute atomic E-state index is 0. The molecule has 1 amide bonds. The van der Waals surface area contributed by atoms with Gasteiger partial charge in [-0.15, -0.1) is 12.4 Å². The van der Waals surface area contributed by atoms with Crippen molar-refractivity contribution in [1.82, 2.24) is 0 Å².